The molecule has 26 heavy (non-hydrogen) atoms. The van der Waals surface area contributed by atoms with Gasteiger partial charge in [0, 0.05) is 24.4 Å². The van der Waals surface area contributed by atoms with Gasteiger partial charge in [0.15, 0.2) is 0 Å². The standard InChI is InChI=1S/C23H31BNO/c1-16(2)6-5-7-17(3)25-14-19(15-25)12-21-9-8-20-10-11-24-13-22(20)23(21)18(4)26/h8-9,19,26H,1,3-7,10-15H2,2H3. The van der Waals surface area contributed by atoms with Crippen LogP contribution in [0.2, 0.25) is 6.32 Å². The monoisotopic (exact) mass is 348 g/mol. The number of aryl methyl sites for hydroxylation is 1. The van der Waals surface area contributed by atoms with E-state index in [0.717, 1.165) is 63.4 Å². The quantitative estimate of drug-likeness (QED) is 0.400. The van der Waals surface area contributed by atoms with E-state index in [-0.39, 0.29) is 5.76 Å². The summed E-state index contributed by atoms with van der Waals surface area (Å²) >= 11 is 0. The highest BCUT2D eigenvalue weighted by atomic mass is 16.3. The summed E-state index contributed by atoms with van der Waals surface area (Å²) in [5.74, 6) is 0.865. The van der Waals surface area contributed by atoms with Crippen LogP contribution in [-0.4, -0.2) is 30.4 Å². The predicted octanol–water partition coefficient (Wildman–Crippen LogP) is 5.13. The van der Waals surface area contributed by atoms with E-state index in [0.29, 0.717) is 5.92 Å². The highest BCUT2D eigenvalue weighted by Crippen LogP contribution is 2.32. The lowest BCUT2D eigenvalue weighted by Crippen LogP contribution is -2.46. The van der Waals surface area contributed by atoms with E-state index in [1.54, 1.807) is 0 Å². The first-order valence-corrected chi connectivity index (χ1v) is 9.86. The molecule has 1 fully saturated rings. The van der Waals surface area contributed by atoms with Gasteiger partial charge in [-0.05, 0) is 61.6 Å². The molecule has 0 spiro atoms. The lowest BCUT2D eigenvalue weighted by Gasteiger charge is -2.43. The summed E-state index contributed by atoms with van der Waals surface area (Å²) in [4.78, 5) is 2.41. The molecule has 0 atom stereocenters. The maximum Gasteiger partial charge on any atom is 0.116 e. The number of nitrogens with zero attached hydrogens (tertiary/aromatic N) is 1. The Bertz CT molecular complexity index is 715. The Kier molecular flexibility index (Phi) is 5.96. The molecule has 0 aromatic heterocycles. The van der Waals surface area contributed by atoms with Crippen LogP contribution >= 0.6 is 0 Å². The Balaban J connectivity index is 1.58. The average Bonchev–Trinajstić information content (AvgIpc) is 2.56. The molecule has 1 aromatic rings. The number of fused-ring (bicyclic) bond motifs is 1. The van der Waals surface area contributed by atoms with Crippen molar-refractivity contribution in [1.29, 1.82) is 0 Å². The lowest BCUT2D eigenvalue weighted by atomic mass is 9.61. The molecule has 0 unspecified atom stereocenters. The van der Waals surface area contributed by atoms with Gasteiger partial charge in [-0.3, -0.25) is 0 Å². The number of allylic oxidation sites excluding steroid dienone is 2. The van der Waals surface area contributed by atoms with Gasteiger partial charge in [0.2, 0.25) is 0 Å². The number of rotatable bonds is 8. The van der Waals surface area contributed by atoms with Crippen molar-refractivity contribution in [3.05, 3.63) is 65.4 Å². The van der Waals surface area contributed by atoms with E-state index in [2.05, 4.69) is 51.0 Å². The largest absolute Gasteiger partial charge is 0.508 e. The SMILES string of the molecule is C=C(C)CCCC(=C)N1CC(Cc2ccc3c(c2C(=C)O)C[B]CC3)C1. The third-order valence-corrected chi connectivity index (χ3v) is 5.73. The summed E-state index contributed by atoms with van der Waals surface area (Å²) in [6.07, 6.45) is 7.47. The maximum absolute atomic E-state index is 10.2. The molecule has 3 heteroatoms. The van der Waals surface area contributed by atoms with Crippen molar-refractivity contribution in [3.8, 4) is 0 Å². The fourth-order valence-electron chi connectivity index (χ4n) is 4.26. The van der Waals surface area contributed by atoms with Gasteiger partial charge in [-0.1, -0.05) is 43.5 Å². The number of likely N-dealkylation sites (tertiary alicyclic amines) is 1. The molecule has 0 aliphatic carbocycles. The normalized spacial score (nSPS) is 16.4. The second kappa shape index (κ2) is 8.20. The van der Waals surface area contributed by atoms with E-state index < -0.39 is 0 Å². The molecule has 1 aromatic carbocycles. The zero-order chi connectivity index (χ0) is 18.7. The summed E-state index contributed by atoms with van der Waals surface area (Å²) in [5, 5.41) is 10.2. The fraction of sp³-hybridized carbons (Fsp3) is 0.478. The highest BCUT2D eigenvalue weighted by molar-refractivity contribution is 6.35. The predicted molar refractivity (Wildman–Crippen MR) is 113 cm³/mol. The topological polar surface area (TPSA) is 23.5 Å². The first-order valence-electron chi connectivity index (χ1n) is 9.86. The van der Waals surface area contributed by atoms with Gasteiger partial charge in [0.1, 0.15) is 13.0 Å². The molecule has 1 saturated heterocycles. The zero-order valence-corrected chi connectivity index (χ0v) is 16.2. The van der Waals surface area contributed by atoms with Crippen molar-refractivity contribution in [2.75, 3.05) is 13.1 Å². The van der Waals surface area contributed by atoms with Crippen LogP contribution in [0.4, 0.5) is 0 Å². The van der Waals surface area contributed by atoms with Gasteiger partial charge >= 0.3 is 0 Å². The summed E-state index contributed by atoms with van der Waals surface area (Å²) in [6.45, 7) is 16.3. The first kappa shape index (κ1) is 18.9. The molecule has 0 saturated carbocycles. The smallest absolute Gasteiger partial charge is 0.116 e. The molecule has 2 aliphatic heterocycles. The van der Waals surface area contributed by atoms with Gasteiger partial charge < -0.3 is 10.0 Å². The highest BCUT2D eigenvalue weighted by Gasteiger charge is 2.29. The number of aliphatic hydroxyl groups excluding tert-OH is 1. The van der Waals surface area contributed by atoms with E-state index in [4.69, 9.17) is 0 Å². The summed E-state index contributed by atoms with van der Waals surface area (Å²) in [7, 11) is 2.32. The molecule has 0 bridgehead atoms. The minimum atomic E-state index is 0.229. The lowest BCUT2D eigenvalue weighted by molar-refractivity contribution is 0.138. The fourth-order valence-corrected chi connectivity index (χ4v) is 4.26. The van der Waals surface area contributed by atoms with E-state index in [1.807, 2.05) is 0 Å². The van der Waals surface area contributed by atoms with Gasteiger partial charge in [-0.25, -0.2) is 0 Å². The van der Waals surface area contributed by atoms with Crippen LogP contribution in [0.3, 0.4) is 0 Å². The average molecular weight is 348 g/mol. The van der Waals surface area contributed by atoms with Gasteiger partial charge in [0.25, 0.3) is 0 Å². The minimum absolute atomic E-state index is 0.229. The Hall–Kier alpha value is -1.90. The second-order valence-electron chi connectivity index (χ2n) is 8.07. The molecule has 0 amide bonds. The van der Waals surface area contributed by atoms with Gasteiger partial charge in [-0.15, -0.1) is 6.58 Å². The molecule has 1 radical (unpaired) electrons. The Morgan fingerprint density at radius 2 is 2.00 bits per heavy atom. The molecular formula is C23H31BNO. The number of aliphatic hydroxyl groups is 1. The van der Waals surface area contributed by atoms with Crippen LogP contribution in [0.25, 0.3) is 5.76 Å². The van der Waals surface area contributed by atoms with Crippen LogP contribution in [0, 0.1) is 5.92 Å². The molecule has 2 aliphatic rings. The molecule has 1 N–H and O–H groups in total. The maximum atomic E-state index is 10.2. The van der Waals surface area contributed by atoms with E-state index >= 15 is 0 Å². The van der Waals surface area contributed by atoms with Crippen molar-refractivity contribution in [1.82, 2.24) is 4.90 Å². The Morgan fingerprint density at radius 1 is 1.23 bits per heavy atom. The first-order chi connectivity index (χ1) is 12.5. The number of hydrogen-bond acceptors (Lipinski definition) is 2. The zero-order valence-electron chi connectivity index (χ0n) is 16.2. The van der Waals surface area contributed by atoms with Crippen LogP contribution in [0.15, 0.2) is 43.1 Å². The van der Waals surface area contributed by atoms with E-state index in [1.165, 1.54) is 28.0 Å². The van der Waals surface area contributed by atoms with Crippen molar-refractivity contribution >= 4 is 13.0 Å². The van der Waals surface area contributed by atoms with Crippen molar-refractivity contribution < 1.29 is 5.11 Å². The Morgan fingerprint density at radius 3 is 2.69 bits per heavy atom. The van der Waals surface area contributed by atoms with Crippen LogP contribution in [0.5, 0.6) is 0 Å². The number of benzene rings is 1. The van der Waals surface area contributed by atoms with Crippen LogP contribution in [0.1, 0.15) is 48.4 Å². The molecule has 3 rings (SSSR count). The van der Waals surface area contributed by atoms with E-state index in [9.17, 15) is 5.11 Å². The Labute approximate surface area is 159 Å². The van der Waals surface area contributed by atoms with Crippen LogP contribution < -0.4 is 0 Å². The van der Waals surface area contributed by atoms with Gasteiger partial charge in [-0.2, -0.15) is 0 Å². The van der Waals surface area contributed by atoms with Gasteiger partial charge in [0.05, 0.1) is 0 Å². The van der Waals surface area contributed by atoms with Crippen molar-refractivity contribution in [3.63, 3.8) is 0 Å². The summed E-state index contributed by atoms with van der Waals surface area (Å²) in [5.41, 5.74) is 7.44. The molecule has 137 valence electrons. The minimum Gasteiger partial charge on any atom is -0.508 e. The third-order valence-electron chi connectivity index (χ3n) is 5.73. The van der Waals surface area contributed by atoms with Crippen molar-refractivity contribution in [2.24, 2.45) is 5.92 Å². The summed E-state index contributed by atoms with van der Waals surface area (Å²) < 4.78 is 0. The van der Waals surface area contributed by atoms with Crippen LogP contribution in [-0.2, 0) is 19.2 Å². The third kappa shape index (κ3) is 4.25. The second-order valence-corrected chi connectivity index (χ2v) is 8.07. The number of hydrogen-bond donors (Lipinski definition) is 1. The molecule has 2 nitrogen and oxygen atoms in total. The molecule has 2 heterocycles. The van der Waals surface area contributed by atoms with Crippen molar-refractivity contribution in [2.45, 2.75) is 51.7 Å². The summed E-state index contributed by atoms with van der Waals surface area (Å²) in [6, 6.07) is 4.47. The molecular weight excluding hydrogens is 317 g/mol.